The van der Waals surface area contributed by atoms with Crippen LogP contribution in [0.4, 0.5) is 0 Å². The van der Waals surface area contributed by atoms with Crippen LogP contribution in [-0.4, -0.2) is 0 Å². The summed E-state index contributed by atoms with van der Waals surface area (Å²) in [5, 5.41) is 3.90. The maximum Gasteiger partial charge on any atom is 0.213 e. The van der Waals surface area contributed by atoms with Gasteiger partial charge in [-0.1, -0.05) is 63.2 Å². The lowest BCUT2D eigenvalue weighted by atomic mass is 9.86. The molecule has 3 aromatic carbocycles. The number of hydrogen-bond acceptors (Lipinski definition) is 0. The van der Waals surface area contributed by atoms with Crippen LogP contribution in [0.15, 0.2) is 66.7 Å². The van der Waals surface area contributed by atoms with E-state index in [1.807, 2.05) is 0 Å². The lowest BCUT2D eigenvalue weighted by Crippen LogP contribution is -2.32. The number of aromatic nitrogens is 1. The van der Waals surface area contributed by atoms with Gasteiger partial charge in [0.2, 0.25) is 11.2 Å². The van der Waals surface area contributed by atoms with Gasteiger partial charge in [-0.2, -0.15) is 4.57 Å². The van der Waals surface area contributed by atoms with Crippen LogP contribution in [-0.2, 0) is 12.5 Å². The zero-order valence-electron chi connectivity index (χ0n) is 16.3. The van der Waals surface area contributed by atoms with Crippen molar-refractivity contribution in [2.75, 3.05) is 0 Å². The van der Waals surface area contributed by atoms with Crippen LogP contribution >= 0.6 is 0 Å². The molecule has 0 spiro atoms. The molecule has 0 N–H and O–H groups in total. The second-order valence-corrected chi connectivity index (χ2v) is 8.28. The Hall–Kier alpha value is -2.67. The Labute approximate surface area is 155 Å². The number of benzene rings is 3. The Morgan fingerprint density at radius 2 is 1.50 bits per heavy atom. The molecule has 130 valence electrons. The summed E-state index contributed by atoms with van der Waals surface area (Å²) in [5.41, 5.74) is 6.70. The number of pyridine rings is 1. The molecule has 1 aromatic heterocycles. The molecule has 0 aliphatic heterocycles. The van der Waals surface area contributed by atoms with Crippen molar-refractivity contribution in [3.8, 4) is 11.3 Å². The molecule has 4 aromatic rings. The van der Waals surface area contributed by atoms with Gasteiger partial charge in [-0.05, 0) is 46.4 Å². The van der Waals surface area contributed by atoms with Crippen molar-refractivity contribution in [1.82, 2.24) is 0 Å². The summed E-state index contributed by atoms with van der Waals surface area (Å²) in [6.45, 7) is 9.00. The van der Waals surface area contributed by atoms with Gasteiger partial charge in [-0.3, -0.25) is 0 Å². The summed E-state index contributed by atoms with van der Waals surface area (Å²) in [6, 6.07) is 24.5. The number of nitrogens with zero attached hydrogens (tertiary/aromatic N) is 1. The van der Waals surface area contributed by atoms with Gasteiger partial charge in [0.15, 0.2) is 0 Å². The molecule has 4 rings (SSSR count). The average molecular weight is 340 g/mol. The van der Waals surface area contributed by atoms with Gasteiger partial charge < -0.3 is 0 Å². The van der Waals surface area contributed by atoms with Crippen molar-refractivity contribution < 1.29 is 4.57 Å². The Bertz CT molecular complexity index is 1130. The van der Waals surface area contributed by atoms with Crippen molar-refractivity contribution in [2.24, 2.45) is 7.05 Å². The maximum absolute atomic E-state index is 2.33. The molecule has 1 nitrogen and oxygen atoms in total. The fraction of sp³-hybridized carbons (Fsp3) is 0.240. The van der Waals surface area contributed by atoms with Crippen LogP contribution < -0.4 is 4.57 Å². The highest BCUT2D eigenvalue weighted by Crippen LogP contribution is 2.32. The molecule has 0 amide bonds. The molecule has 0 saturated carbocycles. The van der Waals surface area contributed by atoms with Crippen molar-refractivity contribution in [1.29, 1.82) is 0 Å². The lowest BCUT2D eigenvalue weighted by Gasteiger charge is -2.19. The summed E-state index contributed by atoms with van der Waals surface area (Å²) in [4.78, 5) is 0. The van der Waals surface area contributed by atoms with Crippen molar-refractivity contribution in [3.05, 3.63) is 77.9 Å². The largest absolute Gasteiger partial charge is 0.213 e. The number of rotatable bonds is 1. The van der Waals surface area contributed by atoms with Crippen LogP contribution in [0.5, 0.6) is 0 Å². The van der Waals surface area contributed by atoms with Gasteiger partial charge in [0.05, 0.1) is 5.56 Å². The maximum atomic E-state index is 2.33. The lowest BCUT2D eigenvalue weighted by molar-refractivity contribution is -0.633. The van der Waals surface area contributed by atoms with Gasteiger partial charge in [-0.25, -0.2) is 0 Å². The molecule has 0 radical (unpaired) electrons. The Kier molecular flexibility index (Phi) is 3.84. The fourth-order valence-corrected chi connectivity index (χ4v) is 3.84. The van der Waals surface area contributed by atoms with E-state index in [9.17, 15) is 0 Å². The third-order valence-corrected chi connectivity index (χ3v) is 5.43. The predicted molar refractivity (Wildman–Crippen MR) is 112 cm³/mol. The molecular weight excluding hydrogens is 314 g/mol. The summed E-state index contributed by atoms with van der Waals surface area (Å²) in [5.74, 6) is 0. The molecule has 0 aliphatic rings. The first kappa shape index (κ1) is 16.8. The van der Waals surface area contributed by atoms with E-state index in [0.717, 1.165) is 0 Å². The number of fused-ring (bicyclic) bond motifs is 2. The molecule has 1 heteroatoms. The van der Waals surface area contributed by atoms with Crippen LogP contribution in [0, 0.1) is 6.92 Å². The summed E-state index contributed by atoms with van der Waals surface area (Å²) in [6.07, 6.45) is 0. The molecule has 0 bridgehead atoms. The fourth-order valence-electron chi connectivity index (χ4n) is 3.84. The summed E-state index contributed by atoms with van der Waals surface area (Å²) >= 11 is 0. The van der Waals surface area contributed by atoms with E-state index in [2.05, 4.69) is 106 Å². The quantitative estimate of drug-likeness (QED) is 0.369. The SMILES string of the molecule is Cc1ccc2ccccc2c1-c1ccc2cc(C(C)(C)C)ccc2[n+]1C. The molecule has 0 aliphatic carbocycles. The minimum atomic E-state index is 0.164. The highest BCUT2D eigenvalue weighted by Gasteiger charge is 2.20. The first-order valence-electron chi connectivity index (χ1n) is 9.28. The van der Waals surface area contributed by atoms with Gasteiger partial charge >= 0.3 is 0 Å². The molecule has 0 atom stereocenters. The van der Waals surface area contributed by atoms with E-state index in [-0.39, 0.29) is 5.41 Å². The topological polar surface area (TPSA) is 3.88 Å². The van der Waals surface area contributed by atoms with Crippen LogP contribution in [0.1, 0.15) is 31.9 Å². The van der Waals surface area contributed by atoms with Crippen LogP contribution in [0.3, 0.4) is 0 Å². The minimum Gasteiger partial charge on any atom is -0.194 e. The van der Waals surface area contributed by atoms with E-state index in [4.69, 9.17) is 0 Å². The molecule has 0 unspecified atom stereocenters. The molecule has 26 heavy (non-hydrogen) atoms. The third kappa shape index (κ3) is 2.68. The second-order valence-electron chi connectivity index (χ2n) is 8.28. The molecule has 0 saturated heterocycles. The van der Waals surface area contributed by atoms with Gasteiger partial charge in [0.1, 0.15) is 7.05 Å². The normalized spacial score (nSPS) is 12.0. The standard InChI is InChI=1S/C25H26N/c1-17-10-11-18-8-6-7-9-21(18)24(17)23-14-12-19-16-20(25(2,3)4)13-15-22(19)26(23)5/h6-16H,1-5H3/q+1. The molecule has 0 fully saturated rings. The van der Waals surface area contributed by atoms with Gasteiger partial charge in [-0.15, -0.1) is 0 Å². The Morgan fingerprint density at radius 1 is 0.769 bits per heavy atom. The first-order valence-corrected chi connectivity index (χ1v) is 9.28. The third-order valence-electron chi connectivity index (χ3n) is 5.43. The summed E-state index contributed by atoms with van der Waals surface area (Å²) in [7, 11) is 2.18. The van der Waals surface area contributed by atoms with E-state index >= 15 is 0 Å². The predicted octanol–water partition coefficient (Wildman–Crippen LogP) is 6.09. The van der Waals surface area contributed by atoms with Crippen LogP contribution in [0.25, 0.3) is 32.9 Å². The van der Waals surface area contributed by atoms with Crippen molar-refractivity contribution in [2.45, 2.75) is 33.1 Å². The van der Waals surface area contributed by atoms with E-state index < -0.39 is 0 Å². The van der Waals surface area contributed by atoms with E-state index in [1.165, 1.54) is 44.1 Å². The molecule has 1 heterocycles. The average Bonchev–Trinajstić information content (AvgIpc) is 2.62. The van der Waals surface area contributed by atoms with Crippen molar-refractivity contribution >= 4 is 21.7 Å². The number of aryl methyl sites for hydroxylation is 2. The van der Waals surface area contributed by atoms with Gasteiger partial charge in [0.25, 0.3) is 0 Å². The van der Waals surface area contributed by atoms with Crippen molar-refractivity contribution in [3.63, 3.8) is 0 Å². The highest BCUT2D eigenvalue weighted by molar-refractivity contribution is 5.97. The minimum absolute atomic E-state index is 0.164. The monoisotopic (exact) mass is 340 g/mol. The highest BCUT2D eigenvalue weighted by atomic mass is 14.9. The smallest absolute Gasteiger partial charge is 0.194 e. The molecular formula is C25H26N+. The Balaban J connectivity index is 2.00. The zero-order chi connectivity index (χ0) is 18.5. The van der Waals surface area contributed by atoms with Gasteiger partial charge in [0, 0.05) is 17.5 Å². The first-order chi connectivity index (χ1) is 12.4. The number of hydrogen-bond donors (Lipinski definition) is 0. The summed E-state index contributed by atoms with van der Waals surface area (Å²) < 4.78 is 2.33. The second kappa shape index (κ2) is 5.95. The van der Waals surface area contributed by atoms with Crippen LogP contribution in [0.2, 0.25) is 0 Å². The Morgan fingerprint density at radius 3 is 2.27 bits per heavy atom. The van der Waals surface area contributed by atoms with E-state index in [0.29, 0.717) is 0 Å². The van der Waals surface area contributed by atoms with E-state index in [1.54, 1.807) is 0 Å². The zero-order valence-corrected chi connectivity index (χ0v) is 16.3.